The van der Waals surface area contributed by atoms with Gasteiger partial charge in [0.15, 0.2) is 0 Å². The van der Waals surface area contributed by atoms with Gasteiger partial charge in [-0.05, 0) is 60.5 Å². The predicted octanol–water partition coefficient (Wildman–Crippen LogP) is 3.96. The third-order valence-electron chi connectivity index (χ3n) is 5.59. The van der Waals surface area contributed by atoms with Gasteiger partial charge in [-0.3, -0.25) is 18.9 Å². The molecule has 0 radical (unpaired) electrons. The maximum absolute atomic E-state index is 13.7. The van der Waals surface area contributed by atoms with Gasteiger partial charge < -0.3 is 5.32 Å². The lowest BCUT2D eigenvalue weighted by atomic mass is 10.0. The standard InChI is InChI=1S/C24H18FN5O2/c1-14-9-17(25)5-7-20(14)30-23-18-10-15(16-4-8-22(27-11-16)28-13-31)3-6-19(18)26-12-21(23)29(2)24(30)32/h3-13H,1-2H3,(H,27,28,31). The Balaban J connectivity index is 1.80. The van der Waals surface area contributed by atoms with Crippen molar-refractivity contribution in [3.05, 3.63) is 82.8 Å². The van der Waals surface area contributed by atoms with Crippen molar-refractivity contribution in [2.45, 2.75) is 6.92 Å². The topological polar surface area (TPSA) is 81.8 Å². The highest BCUT2D eigenvalue weighted by molar-refractivity contribution is 6.04. The van der Waals surface area contributed by atoms with Gasteiger partial charge in [0.05, 0.1) is 28.4 Å². The van der Waals surface area contributed by atoms with Crippen molar-refractivity contribution >= 4 is 34.2 Å². The van der Waals surface area contributed by atoms with Crippen LogP contribution >= 0.6 is 0 Å². The molecule has 0 spiro atoms. The average molecular weight is 427 g/mol. The summed E-state index contributed by atoms with van der Waals surface area (Å²) >= 11 is 0. The van der Waals surface area contributed by atoms with Crippen LogP contribution in [-0.4, -0.2) is 25.5 Å². The molecule has 8 heteroatoms. The number of aromatic nitrogens is 4. The minimum Gasteiger partial charge on any atom is -0.313 e. The molecule has 0 saturated heterocycles. The monoisotopic (exact) mass is 427 g/mol. The second-order valence-corrected chi connectivity index (χ2v) is 7.53. The van der Waals surface area contributed by atoms with Gasteiger partial charge in [0.25, 0.3) is 0 Å². The van der Waals surface area contributed by atoms with E-state index in [4.69, 9.17) is 0 Å². The lowest BCUT2D eigenvalue weighted by Crippen LogP contribution is -2.21. The van der Waals surface area contributed by atoms with Gasteiger partial charge in [-0.2, -0.15) is 0 Å². The van der Waals surface area contributed by atoms with Gasteiger partial charge in [-0.15, -0.1) is 0 Å². The molecule has 1 N–H and O–H groups in total. The molecule has 0 unspecified atom stereocenters. The summed E-state index contributed by atoms with van der Waals surface area (Å²) in [6, 6.07) is 13.7. The van der Waals surface area contributed by atoms with E-state index >= 15 is 0 Å². The first-order chi connectivity index (χ1) is 15.5. The molecule has 0 aliphatic heterocycles. The smallest absolute Gasteiger partial charge is 0.313 e. The Morgan fingerprint density at radius 3 is 2.53 bits per heavy atom. The maximum Gasteiger partial charge on any atom is 0.333 e. The lowest BCUT2D eigenvalue weighted by Gasteiger charge is -2.10. The van der Waals surface area contributed by atoms with Crippen LogP contribution in [0.25, 0.3) is 38.8 Å². The molecule has 0 aliphatic carbocycles. The fraction of sp³-hybridized carbons (Fsp3) is 0.0833. The van der Waals surface area contributed by atoms with E-state index in [1.54, 1.807) is 47.6 Å². The molecule has 5 aromatic rings. The van der Waals surface area contributed by atoms with Crippen molar-refractivity contribution in [3.63, 3.8) is 0 Å². The molecule has 5 rings (SSSR count). The number of nitrogens with one attached hydrogen (secondary N) is 1. The number of nitrogens with zero attached hydrogens (tertiary/aromatic N) is 4. The van der Waals surface area contributed by atoms with Gasteiger partial charge in [0, 0.05) is 24.2 Å². The third kappa shape index (κ3) is 3.04. The predicted molar refractivity (Wildman–Crippen MR) is 121 cm³/mol. The Kier molecular flexibility index (Phi) is 4.55. The zero-order valence-electron chi connectivity index (χ0n) is 17.3. The van der Waals surface area contributed by atoms with Crippen LogP contribution < -0.4 is 11.0 Å². The summed E-state index contributed by atoms with van der Waals surface area (Å²) in [5.74, 6) is 0.102. The van der Waals surface area contributed by atoms with E-state index in [1.165, 1.54) is 12.1 Å². The quantitative estimate of drug-likeness (QED) is 0.440. The molecular weight excluding hydrogens is 409 g/mol. The van der Waals surface area contributed by atoms with Crippen molar-refractivity contribution in [1.29, 1.82) is 0 Å². The number of aryl methyl sites for hydroxylation is 2. The van der Waals surface area contributed by atoms with Gasteiger partial charge in [-0.25, -0.2) is 14.2 Å². The summed E-state index contributed by atoms with van der Waals surface area (Å²) < 4.78 is 16.9. The Morgan fingerprint density at radius 1 is 1.00 bits per heavy atom. The summed E-state index contributed by atoms with van der Waals surface area (Å²) in [5.41, 5.74) is 4.87. The van der Waals surface area contributed by atoms with Crippen LogP contribution in [0, 0.1) is 12.7 Å². The number of pyridine rings is 2. The SMILES string of the molecule is Cc1cc(F)ccc1-n1c(=O)n(C)c2cnc3ccc(-c4ccc(NC=O)nc4)cc3c21. The zero-order chi connectivity index (χ0) is 22.4. The number of imidazole rings is 1. The van der Waals surface area contributed by atoms with Crippen LogP contribution in [0.5, 0.6) is 0 Å². The van der Waals surface area contributed by atoms with Crippen molar-refractivity contribution in [2.24, 2.45) is 7.05 Å². The van der Waals surface area contributed by atoms with Gasteiger partial charge in [0.1, 0.15) is 11.6 Å². The number of halogens is 1. The summed E-state index contributed by atoms with van der Waals surface area (Å²) in [6.07, 6.45) is 3.92. The normalized spacial score (nSPS) is 11.2. The summed E-state index contributed by atoms with van der Waals surface area (Å²) in [6.45, 7) is 1.78. The van der Waals surface area contributed by atoms with Crippen LogP contribution in [0.4, 0.5) is 10.2 Å². The van der Waals surface area contributed by atoms with Crippen LogP contribution in [0.1, 0.15) is 5.56 Å². The number of anilines is 1. The number of benzene rings is 2. The van der Waals surface area contributed by atoms with E-state index in [0.29, 0.717) is 34.5 Å². The zero-order valence-corrected chi connectivity index (χ0v) is 17.3. The Bertz CT molecular complexity index is 1570. The molecule has 0 atom stereocenters. The van der Waals surface area contributed by atoms with Crippen molar-refractivity contribution < 1.29 is 9.18 Å². The largest absolute Gasteiger partial charge is 0.333 e. The molecule has 2 aromatic carbocycles. The van der Waals surface area contributed by atoms with E-state index in [2.05, 4.69) is 15.3 Å². The average Bonchev–Trinajstić information content (AvgIpc) is 3.05. The van der Waals surface area contributed by atoms with E-state index < -0.39 is 0 Å². The van der Waals surface area contributed by atoms with E-state index in [9.17, 15) is 14.0 Å². The Hall–Kier alpha value is -4.33. The van der Waals surface area contributed by atoms with Crippen molar-refractivity contribution in [3.8, 4) is 16.8 Å². The number of carbonyl (C=O) groups is 1. The first-order valence-corrected chi connectivity index (χ1v) is 9.91. The highest BCUT2D eigenvalue weighted by Crippen LogP contribution is 2.30. The molecule has 0 fully saturated rings. The fourth-order valence-corrected chi connectivity index (χ4v) is 3.98. The van der Waals surface area contributed by atoms with Crippen LogP contribution in [0.2, 0.25) is 0 Å². The first kappa shape index (κ1) is 19.6. The van der Waals surface area contributed by atoms with Crippen LogP contribution in [0.3, 0.4) is 0 Å². The van der Waals surface area contributed by atoms with Gasteiger partial charge in [0.2, 0.25) is 6.41 Å². The first-order valence-electron chi connectivity index (χ1n) is 9.91. The third-order valence-corrected chi connectivity index (χ3v) is 5.59. The molecule has 0 bridgehead atoms. The van der Waals surface area contributed by atoms with Gasteiger partial charge in [-0.1, -0.05) is 6.07 Å². The van der Waals surface area contributed by atoms with E-state index in [-0.39, 0.29) is 11.5 Å². The molecule has 0 aliphatic rings. The summed E-state index contributed by atoms with van der Waals surface area (Å²) in [4.78, 5) is 32.6. The molecule has 7 nitrogen and oxygen atoms in total. The molecule has 1 amide bonds. The van der Waals surface area contributed by atoms with E-state index in [0.717, 1.165) is 22.0 Å². The molecular formula is C24H18FN5O2. The molecule has 0 saturated carbocycles. The number of carbonyl (C=O) groups excluding carboxylic acids is 1. The number of amides is 1. The number of hydrogen-bond acceptors (Lipinski definition) is 4. The van der Waals surface area contributed by atoms with Crippen molar-refractivity contribution in [2.75, 3.05) is 5.32 Å². The lowest BCUT2D eigenvalue weighted by molar-refractivity contribution is -0.105. The van der Waals surface area contributed by atoms with E-state index in [1.807, 2.05) is 24.3 Å². The fourth-order valence-electron chi connectivity index (χ4n) is 3.98. The highest BCUT2D eigenvalue weighted by Gasteiger charge is 2.18. The summed E-state index contributed by atoms with van der Waals surface area (Å²) in [7, 11) is 1.69. The second-order valence-electron chi connectivity index (χ2n) is 7.53. The number of fused-ring (bicyclic) bond motifs is 3. The van der Waals surface area contributed by atoms with Crippen molar-refractivity contribution in [1.82, 2.24) is 19.1 Å². The van der Waals surface area contributed by atoms with Gasteiger partial charge >= 0.3 is 5.69 Å². The molecule has 3 aromatic heterocycles. The number of hydrogen-bond donors (Lipinski definition) is 1. The Morgan fingerprint density at radius 2 is 1.81 bits per heavy atom. The molecule has 32 heavy (non-hydrogen) atoms. The van der Waals surface area contributed by atoms with Crippen LogP contribution in [-0.2, 0) is 11.8 Å². The van der Waals surface area contributed by atoms with Crippen LogP contribution in [0.15, 0.2) is 65.7 Å². The Labute approximate surface area is 181 Å². The summed E-state index contributed by atoms with van der Waals surface area (Å²) in [5, 5.41) is 3.30. The highest BCUT2D eigenvalue weighted by atomic mass is 19.1. The molecule has 3 heterocycles. The minimum atomic E-state index is -0.353. The maximum atomic E-state index is 13.7. The minimum absolute atomic E-state index is 0.236. The number of rotatable bonds is 4. The molecule has 158 valence electrons. The second kappa shape index (κ2) is 7.42.